The van der Waals surface area contributed by atoms with Crippen LogP contribution in [0, 0.1) is 13.8 Å². The Morgan fingerprint density at radius 1 is 0.966 bits per heavy atom. The molecule has 0 spiro atoms. The summed E-state index contributed by atoms with van der Waals surface area (Å²) in [5, 5.41) is 0. The maximum absolute atomic E-state index is 6.71. The van der Waals surface area contributed by atoms with E-state index in [0.717, 1.165) is 37.4 Å². The van der Waals surface area contributed by atoms with E-state index >= 15 is 0 Å². The molecule has 2 heterocycles. The van der Waals surface area contributed by atoms with Crippen LogP contribution >= 0.6 is 24.8 Å². The molecule has 6 heteroatoms. The van der Waals surface area contributed by atoms with Gasteiger partial charge in [0.05, 0.1) is 14.2 Å². The summed E-state index contributed by atoms with van der Waals surface area (Å²) in [7, 11) is 3.40. The molecule has 0 radical (unpaired) electrons. The van der Waals surface area contributed by atoms with Crippen LogP contribution in [-0.2, 0) is 6.42 Å². The first-order valence-electron chi connectivity index (χ1n) is 9.83. The molecule has 4 rings (SSSR count). The molecule has 2 aliphatic rings. The number of methoxy groups -OCH3 is 2. The van der Waals surface area contributed by atoms with Gasteiger partial charge in [0.2, 0.25) is 0 Å². The number of nitrogens with two attached hydrogens (primary N) is 1. The summed E-state index contributed by atoms with van der Waals surface area (Å²) in [6.45, 7) is 6.44. The minimum absolute atomic E-state index is 0. The minimum Gasteiger partial charge on any atom is -0.493 e. The third-order valence-electron chi connectivity index (χ3n) is 6.52. The van der Waals surface area contributed by atoms with Crippen molar-refractivity contribution in [1.82, 2.24) is 4.90 Å². The fourth-order valence-electron chi connectivity index (χ4n) is 4.73. The van der Waals surface area contributed by atoms with Gasteiger partial charge in [0.1, 0.15) is 0 Å². The number of piperidine rings is 1. The van der Waals surface area contributed by atoms with Gasteiger partial charge in [-0.2, -0.15) is 0 Å². The Balaban J connectivity index is 0.00000150. The van der Waals surface area contributed by atoms with E-state index in [-0.39, 0.29) is 30.9 Å². The van der Waals surface area contributed by atoms with Crippen LogP contribution in [0.2, 0.25) is 0 Å². The molecule has 0 unspecified atom stereocenters. The summed E-state index contributed by atoms with van der Waals surface area (Å²) in [5.41, 5.74) is 13.5. The number of rotatable bonds is 3. The van der Waals surface area contributed by atoms with Gasteiger partial charge in [-0.3, -0.25) is 4.90 Å². The molecule has 0 aromatic heterocycles. The lowest BCUT2D eigenvalue weighted by atomic mass is 9.78. The molecule has 160 valence electrons. The molecule has 2 aromatic rings. The summed E-state index contributed by atoms with van der Waals surface area (Å²) < 4.78 is 11.0. The minimum atomic E-state index is 0. The average molecular weight is 439 g/mol. The average Bonchev–Trinajstić information content (AvgIpc) is 2.68. The van der Waals surface area contributed by atoms with Crippen molar-refractivity contribution in [3.8, 4) is 11.5 Å². The van der Waals surface area contributed by atoms with E-state index in [1.807, 2.05) is 0 Å². The van der Waals surface area contributed by atoms with Gasteiger partial charge in [0, 0.05) is 31.1 Å². The molecular formula is C23H32Cl2N2O2. The molecule has 0 amide bonds. The second kappa shape index (κ2) is 9.57. The fraction of sp³-hybridized carbons (Fsp3) is 0.478. The highest BCUT2D eigenvalue weighted by Crippen LogP contribution is 2.44. The lowest BCUT2D eigenvalue weighted by Gasteiger charge is -2.46. The summed E-state index contributed by atoms with van der Waals surface area (Å²) in [4.78, 5) is 2.61. The summed E-state index contributed by atoms with van der Waals surface area (Å²) >= 11 is 0. The Morgan fingerprint density at radius 3 is 2.31 bits per heavy atom. The van der Waals surface area contributed by atoms with E-state index in [1.54, 1.807) is 14.2 Å². The van der Waals surface area contributed by atoms with Crippen LogP contribution in [0.1, 0.15) is 46.2 Å². The molecular weight excluding hydrogens is 407 g/mol. The van der Waals surface area contributed by atoms with Crippen molar-refractivity contribution < 1.29 is 9.47 Å². The SMILES string of the molecule is COc1cc2c(cc1OC)[C@H]1C[C@H](N)[C@H](c3ccc(C)c(C)c3)CN1CC2.Cl.Cl. The molecule has 2 aromatic carbocycles. The van der Waals surface area contributed by atoms with Crippen LogP contribution in [-0.4, -0.2) is 38.3 Å². The quantitative estimate of drug-likeness (QED) is 0.761. The molecule has 1 saturated heterocycles. The maximum Gasteiger partial charge on any atom is 0.161 e. The van der Waals surface area contributed by atoms with Crippen molar-refractivity contribution in [2.75, 3.05) is 27.3 Å². The van der Waals surface area contributed by atoms with Gasteiger partial charge in [-0.15, -0.1) is 24.8 Å². The first kappa shape index (κ1) is 23.8. The van der Waals surface area contributed by atoms with Crippen molar-refractivity contribution >= 4 is 24.8 Å². The van der Waals surface area contributed by atoms with Crippen LogP contribution in [0.15, 0.2) is 30.3 Å². The highest BCUT2D eigenvalue weighted by Gasteiger charge is 2.38. The van der Waals surface area contributed by atoms with E-state index < -0.39 is 0 Å². The van der Waals surface area contributed by atoms with Crippen molar-refractivity contribution in [3.05, 3.63) is 58.1 Å². The molecule has 4 nitrogen and oxygen atoms in total. The molecule has 2 aliphatic heterocycles. The van der Waals surface area contributed by atoms with Gasteiger partial charge in [-0.25, -0.2) is 0 Å². The second-order valence-corrected chi connectivity index (χ2v) is 8.02. The number of ether oxygens (including phenoxy) is 2. The predicted octanol–water partition coefficient (Wildman–Crippen LogP) is 4.58. The summed E-state index contributed by atoms with van der Waals surface area (Å²) in [5.74, 6) is 2.02. The standard InChI is InChI=1S/C23H30N2O2.2ClH/c1-14-5-6-16(9-15(14)2)19-13-25-8-7-17-10-22(26-3)23(27-4)11-18(17)21(25)12-20(19)24;;/h5-6,9-11,19-21H,7-8,12-13,24H2,1-4H3;2*1H/t19-,20-,21+;;/m0../s1. The number of hydrogen-bond acceptors (Lipinski definition) is 4. The van der Waals surface area contributed by atoms with Crippen LogP contribution in [0.4, 0.5) is 0 Å². The van der Waals surface area contributed by atoms with Gasteiger partial charge >= 0.3 is 0 Å². The lowest BCUT2D eigenvalue weighted by molar-refractivity contribution is 0.109. The van der Waals surface area contributed by atoms with Crippen molar-refractivity contribution in [2.24, 2.45) is 5.73 Å². The van der Waals surface area contributed by atoms with Crippen molar-refractivity contribution in [3.63, 3.8) is 0 Å². The van der Waals surface area contributed by atoms with Crippen LogP contribution < -0.4 is 15.2 Å². The fourth-order valence-corrected chi connectivity index (χ4v) is 4.73. The Kier molecular flexibility index (Phi) is 7.86. The number of aryl methyl sites for hydroxylation is 2. The van der Waals surface area contributed by atoms with Crippen molar-refractivity contribution in [2.45, 2.75) is 44.7 Å². The topological polar surface area (TPSA) is 47.7 Å². The third-order valence-corrected chi connectivity index (χ3v) is 6.52. The molecule has 0 aliphatic carbocycles. The van der Waals surface area contributed by atoms with Gasteiger partial charge < -0.3 is 15.2 Å². The number of hydrogen-bond donors (Lipinski definition) is 1. The first-order chi connectivity index (χ1) is 13.0. The van der Waals surface area contributed by atoms with E-state index in [1.165, 1.54) is 27.8 Å². The Bertz CT molecular complexity index is 859. The molecule has 0 saturated carbocycles. The van der Waals surface area contributed by atoms with Gasteiger partial charge in [-0.05, 0) is 66.6 Å². The zero-order chi connectivity index (χ0) is 19.1. The largest absolute Gasteiger partial charge is 0.493 e. The van der Waals surface area contributed by atoms with Crippen LogP contribution in [0.3, 0.4) is 0 Å². The van der Waals surface area contributed by atoms with Gasteiger partial charge in [0.15, 0.2) is 11.5 Å². The van der Waals surface area contributed by atoms with Crippen LogP contribution in [0.25, 0.3) is 0 Å². The smallest absolute Gasteiger partial charge is 0.161 e. The normalized spacial score (nSPS) is 23.1. The zero-order valence-corrected chi connectivity index (χ0v) is 19.2. The van der Waals surface area contributed by atoms with E-state index in [9.17, 15) is 0 Å². The number of nitrogens with zero attached hydrogens (tertiary/aromatic N) is 1. The molecule has 29 heavy (non-hydrogen) atoms. The van der Waals surface area contributed by atoms with Gasteiger partial charge in [0.25, 0.3) is 0 Å². The Hall–Kier alpha value is -1.46. The maximum atomic E-state index is 6.71. The molecule has 2 N–H and O–H groups in total. The summed E-state index contributed by atoms with van der Waals surface area (Å²) in [6.07, 6.45) is 2.02. The highest BCUT2D eigenvalue weighted by molar-refractivity contribution is 5.85. The van der Waals surface area contributed by atoms with Crippen LogP contribution in [0.5, 0.6) is 11.5 Å². The van der Waals surface area contributed by atoms with E-state index in [4.69, 9.17) is 15.2 Å². The molecule has 0 bridgehead atoms. The van der Waals surface area contributed by atoms with E-state index in [2.05, 4.69) is 49.1 Å². The van der Waals surface area contributed by atoms with E-state index in [0.29, 0.717) is 12.0 Å². The number of benzene rings is 2. The molecule has 1 fully saturated rings. The lowest BCUT2D eigenvalue weighted by Crippen LogP contribution is -2.49. The number of halogens is 2. The second-order valence-electron chi connectivity index (χ2n) is 8.02. The van der Waals surface area contributed by atoms with Gasteiger partial charge in [-0.1, -0.05) is 18.2 Å². The van der Waals surface area contributed by atoms with Crippen molar-refractivity contribution in [1.29, 1.82) is 0 Å². The Labute approximate surface area is 186 Å². The monoisotopic (exact) mass is 438 g/mol. The third kappa shape index (κ3) is 4.36. The Morgan fingerprint density at radius 2 is 1.66 bits per heavy atom. The first-order valence-corrected chi connectivity index (χ1v) is 9.83. The molecule has 3 atom stereocenters. The summed E-state index contributed by atoms with van der Waals surface area (Å²) in [6, 6.07) is 11.6. The zero-order valence-electron chi connectivity index (χ0n) is 17.6. The highest BCUT2D eigenvalue weighted by atomic mass is 35.5. The number of fused-ring (bicyclic) bond motifs is 3. The predicted molar refractivity (Wildman–Crippen MR) is 123 cm³/mol.